The normalized spacial score (nSPS) is 10.2. The van der Waals surface area contributed by atoms with Crippen molar-refractivity contribution in [1.82, 2.24) is 5.32 Å². The highest BCUT2D eigenvalue weighted by atomic mass is 19.2. The quantitative estimate of drug-likeness (QED) is 0.755. The van der Waals surface area contributed by atoms with Gasteiger partial charge in [0, 0.05) is 24.5 Å². The minimum absolute atomic E-state index is 0.310. The Morgan fingerprint density at radius 1 is 1.10 bits per heavy atom. The second kappa shape index (κ2) is 5.56. The first-order valence-electron chi connectivity index (χ1n) is 5.85. The number of nitrogens with two attached hydrogens (primary N) is 1. The number of benzene rings is 2. The molecule has 2 rings (SSSR count). The van der Waals surface area contributed by atoms with E-state index in [4.69, 9.17) is 5.73 Å². The zero-order chi connectivity index (χ0) is 14.7. The van der Waals surface area contributed by atoms with Crippen molar-refractivity contribution in [2.45, 2.75) is 0 Å². The Kier molecular flexibility index (Phi) is 3.84. The highest BCUT2D eigenvalue weighted by Crippen LogP contribution is 2.24. The van der Waals surface area contributed by atoms with E-state index in [0.717, 1.165) is 12.1 Å². The zero-order valence-corrected chi connectivity index (χ0v) is 10.7. The lowest BCUT2D eigenvalue weighted by molar-refractivity contribution is 0.0964. The molecular weight excluding hydrogens is 264 g/mol. The van der Waals surface area contributed by atoms with Crippen LogP contribution in [0.15, 0.2) is 36.4 Å². The summed E-state index contributed by atoms with van der Waals surface area (Å²) in [7, 11) is 1.50. The van der Waals surface area contributed by atoms with E-state index >= 15 is 0 Å². The molecule has 0 aliphatic rings. The molecule has 0 spiro atoms. The molecule has 0 atom stereocenters. The molecule has 0 aromatic heterocycles. The first-order valence-corrected chi connectivity index (χ1v) is 5.85. The molecule has 0 unspecified atom stereocenters. The lowest BCUT2D eigenvalue weighted by Crippen LogP contribution is -2.19. The fraction of sp³-hybridized carbons (Fsp3) is 0.0714. The van der Waals surface area contributed by atoms with E-state index in [0.29, 0.717) is 22.6 Å². The maximum Gasteiger partial charge on any atom is 0.253 e. The van der Waals surface area contributed by atoms with Crippen molar-refractivity contribution in [3.63, 3.8) is 0 Å². The van der Waals surface area contributed by atoms with Crippen LogP contribution in [0.5, 0.6) is 0 Å². The minimum Gasteiger partial charge on any atom is -0.399 e. The van der Waals surface area contributed by atoms with Gasteiger partial charge in [0.1, 0.15) is 0 Å². The van der Waals surface area contributed by atoms with E-state index < -0.39 is 11.6 Å². The van der Waals surface area contributed by atoms with Gasteiger partial charge in [0.05, 0.1) is 11.3 Å². The van der Waals surface area contributed by atoms with Crippen molar-refractivity contribution < 1.29 is 13.6 Å². The van der Waals surface area contributed by atoms with Crippen molar-refractivity contribution in [2.75, 3.05) is 18.1 Å². The summed E-state index contributed by atoms with van der Waals surface area (Å²) in [5.41, 5.74) is 7.20. The van der Waals surface area contributed by atoms with E-state index in [1.807, 2.05) is 0 Å². The molecule has 0 radical (unpaired) electrons. The third-order valence-electron chi connectivity index (χ3n) is 2.71. The van der Waals surface area contributed by atoms with Crippen LogP contribution in [0, 0.1) is 11.6 Å². The number of nitrogens with one attached hydrogen (secondary N) is 2. The third-order valence-corrected chi connectivity index (χ3v) is 2.71. The van der Waals surface area contributed by atoms with Gasteiger partial charge >= 0.3 is 0 Å². The molecule has 4 N–H and O–H groups in total. The molecule has 0 fully saturated rings. The number of hydrogen-bond acceptors (Lipinski definition) is 3. The molecular formula is C14H13F2N3O. The summed E-state index contributed by atoms with van der Waals surface area (Å²) in [5, 5.41) is 5.34. The molecule has 104 valence electrons. The van der Waals surface area contributed by atoms with E-state index in [9.17, 15) is 13.6 Å². The Balaban J connectivity index is 2.38. The maximum atomic E-state index is 13.2. The van der Waals surface area contributed by atoms with Gasteiger partial charge in [-0.2, -0.15) is 0 Å². The zero-order valence-electron chi connectivity index (χ0n) is 10.7. The van der Waals surface area contributed by atoms with Crippen LogP contribution in [0.4, 0.5) is 25.8 Å². The molecule has 0 aliphatic carbocycles. The monoisotopic (exact) mass is 277 g/mol. The van der Waals surface area contributed by atoms with E-state index in [1.165, 1.54) is 13.1 Å². The van der Waals surface area contributed by atoms with Crippen LogP contribution in [0.1, 0.15) is 10.4 Å². The average molecular weight is 277 g/mol. The minimum atomic E-state index is -0.972. The summed E-state index contributed by atoms with van der Waals surface area (Å²) in [5.74, 6) is -2.22. The Labute approximate surface area is 114 Å². The van der Waals surface area contributed by atoms with Crippen LogP contribution in [-0.2, 0) is 0 Å². The third kappa shape index (κ3) is 2.85. The number of carbonyl (C=O) groups excluding carboxylic acids is 1. The molecule has 0 bridgehead atoms. The molecule has 4 nitrogen and oxygen atoms in total. The van der Waals surface area contributed by atoms with Gasteiger partial charge < -0.3 is 16.4 Å². The molecule has 0 saturated heterocycles. The van der Waals surface area contributed by atoms with Crippen LogP contribution in [0.2, 0.25) is 0 Å². The topological polar surface area (TPSA) is 67.2 Å². The van der Waals surface area contributed by atoms with E-state index in [1.54, 1.807) is 18.2 Å². The number of nitrogen functional groups attached to an aromatic ring is 1. The second-order valence-corrected chi connectivity index (χ2v) is 4.14. The Hall–Kier alpha value is -2.63. The largest absolute Gasteiger partial charge is 0.399 e. The van der Waals surface area contributed by atoms with Crippen LogP contribution < -0.4 is 16.4 Å². The smallest absolute Gasteiger partial charge is 0.253 e. The first kappa shape index (κ1) is 13.8. The molecule has 0 heterocycles. The molecule has 0 aliphatic heterocycles. The lowest BCUT2D eigenvalue weighted by Gasteiger charge is -2.12. The van der Waals surface area contributed by atoms with Crippen LogP contribution in [0.25, 0.3) is 0 Å². The van der Waals surface area contributed by atoms with Gasteiger partial charge in [0.15, 0.2) is 11.6 Å². The summed E-state index contributed by atoms with van der Waals surface area (Å²) in [4.78, 5) is 11.7. The van der Waals surface area contributed by atoms with E-state index in [-0.39, 0.29) is 5.91 Å². The van der Waals surface area contributed by atoms with Gasteiger partial charge in [-0.1, -0.05) is 0 Å². The second-order valence-electron chi connectivity index (χ2n) is 4.14. The molecule has 1 amide bonds. The SMILES string of the molecule is CNC(=O)c1ccc(N)cc1Nc1ccc(F)c(F)c1. The summed E-state index contributed by atoms with van der Waals surface area (Å²) >= 11 is 0. The molecule has 2 aromatic carbocycles. The molecule has 0 saturated carbocycles. The van der Waals surface area contributed by atoms with Crippen molar-refractivity contribution in [3.8, 4) is 0 Å². The van der Waals surface area contributed by atoms with Crippen molar-refractivity contribution in [1.29, 1.82) is 0 Å². The standard InChI is InChI=1S/C14H13F2N3O/c1-18-14(20)10-4-2-8(17)6-13(10)19-9-3-5-11(15)12(16)7-9/h2-7,19H,17H2,1H3,(H,18,20). The van der Waals surface area contributed by atoms with Crippen LogP contribution in [0.3, 0.4) is 0 Å². The Bertz CT molecular complexity index is 659. The van der Waals surface area contributed by atoms with Gasteiger partial charge in [-0.3, -0.25) is 4.79 Å². The molecule has 20 heavy (non-hydrogen) atoms. The fourth-order valence-corrected chi connectivity index (χ4v) is 1.73. The number of hydrogen-bond donors (Lipinski definition) is 3. The summed E-state index contributed by atoms with van der Waals surface area (Å²) in [6.45, 7) is 0. The number of rotatable bonds is 3. The first-order chi connectivity index (χ1) is 9.51. The Morgan fingerprint density at radius 2 is 1.85 bits per heavy atom. The van der Waals surface area contributed by atoms with Gasteiger partial charge in [0.2, 0.25) is 0 Å². The average Bonchev–Trinajstić information content (AvgIpc) is 2.42. The number of halogens is 2. The van der Waals surface area contributed by atoms with Gasteiger partial charge in [0.25, 0.3) is 5.91 Å². The number of amides is 1. The highest BCUT2D eigenvalue weighted by Gasteiger charge is 2.11. The van der Waals surface area contributed by atoms with Gasteiger partial charge in [-0.25, -0.2) is 8.78 Å². The van der Waals surface area contributed by atoms with Crippen molar-refractivity contribution in [3.05, 3.63) is 53.6 Å². The van der Waals surface area contributed by atoms with E-state index in [2.05, 4.69) is 10.6 Å². The van der Waals surface area contributed by atoms with Gasteiger partial charge in [-0.05, 0) is 30.3 Å². The molecule has 6 heteroatoms. The predicted octanol–water partition coefficient (Wildman–Crippen LogP) is 2.65. The van der Waals surface area contributed by atoms with Crippen molar-refractivity contribution >= 4 is 23.0 Å². The maximum absolute atomic E-state index is 13.2. The highest BCUT2D eigenvalue weighted by molar-refractivity contribution is 6.00. The summed E-state index contributed by atoms with van der Waals surface area (Å²) < 4.78 is 26.0. The Morgan fingerprint density at radius 3 is 2.50 bits per heavy atom. The number of carbonyl (C=O) groups is 1. The molecule has 2 aromatic rings. The van der Waals surface area contributed by atoms with Crippen LogP contribution in [-0.4, -0.2) is 13.0 Å². The van der Waals surface area contributed by atoms with Gasteiger partial charge in [-0.15, -0.1) is 0 Å². The summed E-state index contributed by atoms with van der Waals surface area (Å²) in [6.07, 6.45) is 0. The van der Waals surface area contributed by atoms with Crippen LogP contribution >= 0.6 is 0 Å². The lowest BCUT2D eigenvalue weighted by atomic mass is 10.1. The van der Waals surface area contributed by atoms with Crippen molar-refractivity contribution in [2.24, 2.45) is 0 Å². The fourth-order valence-electron chi connectivity index (χ4n) is 1.73. The summed E-state index contributed by atoms with van der Waals surface area (Å²) in [6, 6.07) is 8.06. The number of anilines is 3. The predicted molar refractivity (Wildman–Crippen MR) is 73.9 cm³/mol.